The molecule has 4 aromatic heterocycles. The van der Waals surface area contributed by atoms with Crippen LogP contribution in [0.4, 0.5) is 11.5 Å². The number of hydrogen-bond donors (Lipinski definition) is 1. The van der Waals surface area contributed by atoms with E-state index in [2.05, 4.69) is 20.1 Å². The molecule has 0 aliphatic rings. The number of halogens is 1. The first-order chi connectivity index (χ1) is 16.6. The zero-order valence-electron chi connectivity index (χ0n) is 18.7. The molecule has 5 aromatic rings. The number of aromatic nitrogens is 7. The van der Waals surface area contributed by atoms with Gasteiger partial charge in [-0.25, -0.2) is 15.0 Å². The number of aryl methyl sites for hydroxylation is 1. The van der Waals surface area contributed by atoms with Gasteiger partial charge in [-0.2, -0.15) is 5.10 Å². The second-order valence-electron chi connectivity index (χ2n) is 7.45. The molecule has 11 heteroatoms. The third kappa shape index (κ3) is 4.11. The average molecular weight is 477 g/mol. The molecule has 34 heavy (non-hydrogen) atoms. The van der Waals surface area contributed by atoms with Crippen molar-refractivity contribution in [3.8, 4) is 22.8 Å². The minimum absolute atomic E-state index is 0.372. The Balaban J connectivity index is 1.65. The second-order valence-corrected chi connectivity index (χ2v) is 7.83. The maximum absolute atomic E-state index is 6.73. The number of methoxy groups -OCH3 is 2. The number of fused-ring (bicyclic) bond motifs is 1. The van der Waals surface area contributed by atoms with Crippen LogP contribution in [0.3, 0.4) is 0 Å². The number of imidazole rings is 1. The Hall–Kier alpha value is -4.18. The van der Waals surface area contributed by atoms with E-state index in [0.717, 1.165) is 11.4 Å². The zero-order valence-corrected chi connectivity index (χ0v) is 19.5. The fourth-order valence-corrected chi connectivity index (χ4v) is 3.86. The summed E-state index contributed by atoms with van der Waals surface area (Å²) in [5, 5.41) is 4.64. The highest BCUT2D eigenvalue weighted by atomic mass is 35.5. The lowest BCUT2D eigenvalue weighted by atomic mass is 10.2. The molecule has 0 aliphatic carbocycles. The van der Waals surface area contributed by atoms with Crippen LogP contribution in [0.15, 0.2) is 55.2 Å². The molecule has 1 aromatic carbocycles. The van der Waals surface area contributed by atoms with E-state index >= 15 is 0 Å². The topological polar surface area (TPSA) is 107 Å². The normalized spacial score (nSPS) is 11.1. The van der Waals surface area contributed by atoms with E-state index in [1.54, 1.807) is 49.8 Å². The lowest BCUT2D eigenvalue weighted by molar-refractivity contribution is 0.394. The van der Waals surface area contributed by atoms with Gasteiger partial charge >= 0.3 is 0 Å². The molecule has 0 radical (unpaired) electrons. The van der Waals surface area contributed by atoms with Gasteiger partial charge in [0.1, 0.15) is 33.7 Å². The van der Waals surface area contributed by atoms with E-state index in [1.165, 1.54) is 0 Å². The highest BCUT2D eigenvalue weighted by molar-refractivity contribution is 6.35. The van der Waals surface area contributed by atoms with Crippen molar-refractivity contribution in [2.45, 2.75) is 6.54 Å². The summed E-state index contributed by atoms with van der Waals surface area (Å²) in [4.78, 5) is 23.5. The Bertz CT molecular complexity index is 1450. The number of rotatable bonds is 7. The Kier molecular flexibility index (Phi) is 5.72. The van der Waals surface area contributed by atoms with Gasteiger partial charge in [-0.3, -0.25) is 9.67 Å². The summed E-state index contributed by atoms with van der Waals surface area (Å²) in [5.74, 6) is 2.42. The molecule has 0 saturated heterocycles. The molecule has 10 nitrogen and oxygen atoms in total. The van der Waals surface area contributed by atoms with Gasteiger partial charge in [0.2, 0.25) is 0 Å². The summed E-state index contributed by atoms with van der Waals surface area (Å²) in [6.45, 7) is 0.372. The number of nitrogens with one attached hydrogen (secondary N) is 1. The van der Waals surface area contributed by atoms with E-state index < -0.39 is 0 Å². The van der Waals surface area contributed by atoms with Crippen LogP contribution in [-0.4, -0.2) is 48.9 Å². The number of H-pyrrole nitrogens is 1. The quantitative estimate of drug-likeness (QED) is 0.373. The van der Waals surface area contributed by atoms with Gasteiger partial charge in [0, 0.05) is 43.3 Å². The number of ether oxygens (including phenoxy) is 2. The predicted molar refractivity (Wildman–Crippen MR) is 129 cm³/mol. The van der Waals surface area contributed by atoms with Gasteiger partial charge in [-0.1, -0.05) is 11.6 Å². The van der Waals surface area contributed by atoms with E-state index in [9.17, 15) is 0 Å². The highest BCUT2D eigenvalue weighted by Crippen LogP contribution is 2.41. The van der Waals surface area contributed by atoms with Gasteiger partial charge in [-0.15, -0.1) is 0 Å². The van der Waals surface area contributed by atoms with Crippen LogP contribution in [0, 0.1) is 0 Å². The fraction of sp³-hybridized carbons (Fsp3) is 0.174. The molecule has 4 heterocycles. The predicted octanol–water partition coefficient (Wildman–Crippen LogP) is 4.16. The number of hydrogen-bond acceptors (Lipinski definition) is 8. The SMILES string of the molecule is COc1cc(OC)c(Cl)c(N(Cc2ncc[nH]2)c2ccc3ncc(-c4cnn(C)c4)nc3n2)c1. The van der Waals surface area contributed by atoms with Crippen molar-refractivity contribution in [2.24, 2.45) is 7.05 Å². The van der Waals surface area contributed by atoms with Crippen molar-refractivity contribution in [2.75, 3.05) is 19.1 Å². The first-order valence-corrected chi connectivity index (χ1v) is 10.7. The van der Waals surface area contributed by atoms with Crippen molar-refractivity contribution in [1.29, 1.82) is 0 Å². The minimum Gasteiger partial charge on any atom is -0.497 e. The molecule has 0 unspecified atom stereocenters. The van der Waals surface area contributed by atoms with Gasteiger partial charge < -0.3 is 19.4 Å². The summed E-state index contributed by atoms with van der Waals surface area (Å²) in [6, 6.07) is 7.30. The Morgan fingerprint density at radius 2 is 1.97 bits per heavy atom. The molecule has 0 amide bonds. The van der Waals surface area contributed by atoms with Crippen molar-refractivity contribution in [3.05, 3.63) is 66.1 Å². The smallest absolute Gasteiger partial charge is 0.180 e. The average Bonchev–Trinajstić information content (AvgIpc) is 3.54. The Labute approximate surface area is 200 Å². The number of anilines is 2. The summed E-state index contributed by atoms with van der Waals surface area (Å²) >= 11 is 6.73. The lowest BCUT2D eigenvalue weighted by Crippen LogP contribution is -2.19. The van der Waals surface area contributed by atoms with Crippen LogP contribution >= 0.6 is 11.6 Å². The van der Waals surface area contributed by atoms with Gasteiger partial charge in [0.05, 0.1) is 44.5 Å². The van der Waals surface area contributed by atoms with E-state index in [0.29, 0.717) is 51.4 Å². The van der Waals surface area contributed by atoms with E-state index in [-0.39, 0.29) is 0 Å². The van der Waals surface area contributed by atoms with Crippen molar-refractivity contribution >= 4 is 34.3 Å². The van der Waals surface area contributed by atoms with Crippen LogP contribution in [-0.2, 0) is 13.6 Å². The molecular formula is C23H21ClN8O2. The van der Waals surface area contributed by atoms with Crippen molar-refractivity contribution in [3.63, 3.8) is 0 Å². The third-order valence-electron chi connectivity index (χ3n) is 5.27. The number of benzene rings is 1. The molecule has 1 N–H and O–H groups in total. The van der Waals surface area contributed by atoms with Crippen molar-refractivity contribution in [1.82, 2.24) is 34.7 Å². The highest BCUT2D eigenvalue weighted by Gasteiger charge is 2.21. The molecule has 0 spiro atoms. The molecule has 0 fully saturated rings. The number of nitrogens with zero attached hydrogens (tertiary/aromatic N) is 7. The van der Waals surface area contributed by atoms with Gasteiger partial charge in [0.25, 0.3) is 0 Å². The summed E-state index contributed by atoms with van der Waals surface area (Å²) < 4.78 is 12.7. The van der Waals surface area contributed by atoms with Crippen LogP contribution in [0.5, 0.6) is 11.5 Å². The van der Waals surface area contributed by atoms with Crippen LogP contribution < -0.4 is 14.4 Å². The largest absolute Gasteiger partial charge is 0.497 e. The maximum atomic E-state index is 6.73. The molecule has 0 atom stereocenters. The standard InChI is InChI=1S/C23H21ClN8O2/c1-31-12-14(10-28-31)17-11-27-16-4-5-21(30-23(16)29-17)32(13-20-25-6-7-26-20)18-8-15(33-2)9-19(34-3)22(18)24/h4-12H,13H2,1-3H3,(H,25,26). The van der Waals surface area contributed by atoms with Crippen molar-refractivity contribution < 1.29 is 9.47 Å². The fourth-order valence-electron chi connectivity index (χ4n) is 3.58. The Morgan fingerprint density at radius 1 is 1.09 bits per heavy atom. The minimum atomic E-state index is 0.372. The number of aromatic amines is 1. The van der Waals surface area contributed by atoms with Gasteiger partial charge in [0.15, 0.2) is 5.65 Å². The molecule has 0 bridgehead atoms. The number of pyridine rings is 1. The van der Waals surface area contributed by atoms with E-state index in [4.69, 9.17) is 31.0 Å². The lowest BCUT2D eigenvalue weighted by Gasteiger charge is -2.25. The monoisotopic (exact) mass is 476 g/mol. The molecule has 0 saturated carbocycles. The maximum Gasteiger partial charge on any atom is 0.180 e. The van der Waals surface area contributed by atoms with Crippen LogP contribution in [0.2, 0.25) is 5.02 Å². The second kappa shape index (κ2) is 8.99. The molecule has 172 valence electrons. The van der Waals surface area contributed by atoms with Crippen LogP contribution in [0.1, 0.15) is 5.82 Å². The first-order valence-electron chi connectivity index (χ1n) is 10.4. The summed E-state index contributed by atoms with van der Waals surface area (Å²) in [7, 11) is 5.01. The Morgan fingerprint density at radius 3 is 2.68 bits per heavy atom. The van der Waals surface area contributed by atoms with Crippen LogP contribution in [0.25, 0.3) is 22.4 Å². The zero-order chi connectivity index (χ0) is 23.7. The van der Waals surface area contributed by atoms with Gasteiger partial charge in [-0.05, 0) is 12.1 Å². The molecular weight excluding hydrogens is 456 g/mol. The summed E-state index contributed by atoms with van der Waals surface area (Å²) in [6.07, 6.45) is 8.79. The third-order valence-corrected chi connectivity index (χ3v) is 5.65. The molecule has 0 aliphatic heterocycles. The van der Waals surface area contributed by atoms with E-state index in [1.807, 2.05) is 36.3 Å². The first kappa shape index (κ1) is 21.7. The summed E-state index contributed by atoms with van der Waals surface area (Å²) in [5.41, 5.74) is 3.36. The molecule has 5 rings (SSSR count).